The maximum absolute atomic E-state index is 11.4. The van der Waals surface area contributed by atoms with Gasteiger partial charge in [-0.25, -0.2) is 0 Å². The van der Waals surface area contributed by atoms with E-state index < -0.39 is 0 Å². The molecule has 1 unspecified atom stereocenters. The molecule has 76 valence electrons. The lowest BCUT2D eigenvalue weighted by atomic mass is 9.96. The van der Waals surface area contributed by atoms with E-state index in [1.165, 1.54) is 0 Å². The molecule has 2 heteroatoms. The molecule has 0 radical (unpaired) electrons. The predicted octanol–water partition coefficient (Wildman–Crippen LogP) is 2.29. The van der Waals surface area contributed by atoms with Gasteiger partial charge in [0.25, 0.3) is 0 Å². The number of hydrogen-bond acceptors (Lipinski definition) is 2. The number of carbonyl (C=O) groups is 1. The first kappa shape index (κ1) is 12.4. The van der Waals surface area contributed by atoms with E-state index in [4.69, 9.17) is 5.73 Å². The molecule has 0 saturated carbocycles. The van der Waals surface area contributed by atoms with Crippen LogP contribution in [0.2, 0.25) is 0 Å². The Morgan fingerprint density at radius 1 is 1.46 bits per heavy atom. The molecule has 0 fully saturated rings. The molecule has 1 atom stereocenters. The number of allylic oxidation sites excluding steroid dienone is 1. The van der Waals surface area contributed by atoms with Crippen LogP contribution in [0.4, 0.5) is 0 Å². The van der Waals surface area contributed by atoms with Crippen LogP contribution in [0.1, 0.15) is 40.0 Å². The lowest BCUT2D eigenvalue weighted by Crippen LogP contribution is -2.29. The highest BCUT2D eigenvalue weighted by Gasteiger charge is 2.12. The zero-order valence-electron chi connectivity index (χ0n) is 8.97. The van der Waals surface area contributed by atoms with E-state index in [2.05, 4.69) is 6.58 Å². The Kier molecular flexibility index (Phi) is 5.63. The lowest BCUT2D eigenvalue weighted by Gasteiger charge is -2.14. The first-order valence-corrected chi connectivity index (χ1v) is 4.91. The van der Waals surface area contributed by atoms with Gasteiger partial charge in [0.1, 0.15) is 5.78 Å². The smallest absolute Gasteiger partial charge is 0.138 e. The molecule has 0 saturated heterocycles. The van der Waals surface area contributed by atoms with E-state index in [-0.39, 0.29) is 11.8 Å². The van der Waals surface area contributed by atoms with Crippen molar-refractivity contribution in [3.8, 4) is 0 Å². The maximum atomic E-state index is 11.4. The van der Waals surface area contributed by atoms with Crippen molar-refractivity contribution < 1.29 is 4.79 Å². The first-order valence-electron chi connectivity index (χ1n) is 4.91. The molecule has 2 N–H and O–H groups in total. The van der Waals surface area contributed by atoms with E-state index in [1.54, 1.807) is 0 Å². The zero-order valence-corrected chi connectivity index (χ0v) is 8.97. The Labute approximate surface area is 81.2 Å². The summed E-state index contributed by atoms with van der Waals surface area (Å²) < 4.78 is 0. The summed E-state index contributed by atoms with van der Waals surface area (Å²) in [7, 11) is 0. The van der Waals surface area contributed by atoms with Crippen LogP contribution < -0.4 is 5.73 Å². The van der Waals surface area contributed by atoms with Gasteiger partial charge in [0, 0.05) is 18.9 Å². The van der Waals surface area contributed by atoms with Gasteiger partial charge in [-0.3, -0.25) is 4.79 Å². The van der Waals surface area contributed by atoms with E-state index >= 15 is 0 Å². The average molecular weight is 183 g/mol. The summed E-state index contributed by atoms with van der Waals surface area (Å²) in [4.78, 5) is 11.4. The van der Waals surface area contributed by atoms with Gasteiger partial charge < -0.3 is 5.73 Å². The quantitative estimate of drug-likeness (QED) is 0.642. The zero-order chi connectivity index (χ0) is 10.4. The molecule has 0 bridgehead atoms. The van der Waals surface area contributed by atoms with Gasteiger partial charge in [-0.15, -0.1) is 0 Å². The third-order valence-corrected chi connectivity index (χ3v) is 2.27. The van der Waals surface area contributed by atoms with Gasteiger partial charge >= 0.3 is 0 Å². The molecule has 2 nitrogen and oxygen atoms in total. The van der Waals surface area contributed by atoms with E-state index in [0.717, 1.165) is 12.0 Å². The molecular weight excluding hydrogens is 162 g/mol. The van der Waals surface area contributed by atoms with Crippen molar-refractivity contribution >= 4 is 5.78 Å². The third kappa shape index (κ3) is 5.58. The third-order valence-electron chi connectivity index (χ3n) is 2.27. The second kappa shape index (κ2) is 5.92. The Morgan fingerprint density at radius 3 is 2.38 bits per heavy atom. The first-order chi connectivity index (χ1) is 5.97. The molecule has 13 heavy (non-hydrogen) atoms. The van der Waals surface area contributed by atoms with Gasteiger partial charge in [-0.05, 0) is 12.3 Å². The summed E-state index contributed by atoms with van der Waals surface area (Å²) in [6.45, 7) is 9.88. The van der Waals surface area contributed by atoms with Gasteiger partial charge in [0.2, 0.25) is 0 Å². The van der Waals surface area contributed by atoms with Gasteiger partial charge in [-0.2, -0.15) is 0 Å². The molecule has 0 aliphatic rings. The summed E-state index contributed by atoms with van der Waals surface area (Å²) in [6, 6.07) is -0.00263. The predicted molar refractivity (Wildman–Crippen MR) is 56.5 cm³/mol. The molecule has 0 spiro atoms. The molecule has 0 aliphatic carbocycles. The minimum absolute atomic E-state index is 0.00263. The monoisotopic (exact) mass is 183 g/mol. The van der Waals surface area contributed by atoms with Gasteiger partial charge in [0.05, 0.1) is 0 Å². The van der Waals surface area contributed by atoms with E-state index in [9.17, 15) is 4.79 Å². The van der Waals surface area contributed by atoms with E-state index in [0.29, 0.717) is 18.8 Å². The largest absolute Gasteiger partial charge is 0.327 e. The Hall–Kier alpha value is -0.630. The fraction of sp³-hybridized carbons (Fsp3) is 0.727. The molecular formula is C11H21NO. The Bertz CT molecular complexity index is 185. The minimum atomic E-state index is -0.00263. The number of nitrogens with two attached hydrogens (primary N) is 1. The summed E-state index contributed by atoms with van der Waals surface area (Å²) >= 11 is 0. The Morgan fingerprint density at radius 2 is 2.00 bits per heavy atom. The number of carbonyl (C=O) groups excluding carboxylic acids is 1. The number of ketones is 1. The summed E-state index contributed by atoms with van der Waals surface area (Å²) in [5.74, 6) is 0.590. The molecule has 0 aromatic carbocycles. The minimum Gasteiger partial charge on any atom is -0.327 e. The number of Topliss-reactive ketones (excluding diaryl/α,β-unsaturated/α-hetero) is 1. The molecule has 0 aliphatic heterocycles. The second-order valence-corrected chi connectivity index (χ2v) is 3.93. The summed E-state index contributed by atoms with van der Waals surface area (Å²) in [5.41, 5.74) is 6.78. The van der Waals surface area contributed by atoms with Crippen molar-refractivity contribution in [3.63, 3.8) is 0 Å². The number of rotatable bonds is 6. The SMILES string of the molecule is C=C(CC)CC(=O)CC(N)C(C)C. The van der Waals surface area contributed by atoms with Crippen LogP contribution in [0.25, 0.3) is 0 Å². The Balaban J connectivity index is 3.81. The highest BCUT2D eigenvalue weighted by Crippen LogP contribution is 2.09. The molecule has 0 aromatic rings. The average Bonchev–Trinajstić information content (AvgIpc) is 2.03. The second-order valence-electron chi connectivity index (χ2n) is 3.93. The standard InChI is InChI=1S/C11H21NO/c1-5-9(4)6-10(13)7-11(12)8(2)3/h8,11H,4-7,12H2,1-3H3. The molecule has 0 rings (SSSR count). The molecule has 0 heterocycles. The van der Waals surface area contributed by atoms with Crippen molar-refractivity contribution in [1.29, 1.82) is 0 Å². The highest BCUT2D eigenvalue weighted by atomic mass is 16.1. The lowest BCUT2D eigenvalue weighted by molar-refractivity contribution is -0.118. The van der Waals surface area contributed by atoms with Gasteiger partial charge in [-0.1, -0.05) is 32.9 Å². The molecule has 0 amide bonds. The topological polar surface area (TPSA) is 43.1 Å². The van der Waals surface area contributed by atoms with Crippen LogP contribution in [-0.2, 0) is 4.79 Å². The fourth-order valence-corrected chi connectivity index (χ4v) is 0.975. The van der Waals surface area contributed by atoms with Crippen molar-refractivity contribution in [2.75, 3.05) is 0 Å². The normalized spacial score (nSPS) is 13.0. The van der Waals surface area contributed by atoms with Crippen molar-refractivity contribution in [2.45, 2.75) is 46.1 Å². The van der Waals surface area contributed by atoms with Crippen LogP contribution in [0.15, 0.2) is 12.2 Å². The van der Waals surface area contributed by atoms with Crippen molar-refractivity contribution in [1.82, 2.24) is 0 Å². The van der Waals surface area contributed by atoms with Crippen LogP contribution >= 0.6 is 0 Å². The van der Waals surface area contributed by atoms with Crippen LogP contribution in [0, 0.1) is 5.92 Å². The maximum Gasteiger partial charge on any atom is 0.138 e. The fourth-order valence-electron chi connectivity index (χ4n) is 0.975. The van der Waals surface area contributed by atoms with Crippen LogP contribution in [0.5, 0.6) is 0 Å². The highest BCUT2D eigenvalue weighted by molar-refractivity contribution is 5.81. The summed E-state index contributed by atoms with van der Waals surface area (Å²) in [5, 5.41) is 0. The molecule has 0 aromatic heterocycles. The van der Waals surface area contributed by atoms with Crippen LogP contribution in [0.3, 0.4) is 0 Å². The van der Waals surface area contributed by atoms with E-state index in [1.807, 2.05) is 20.8 Å². The van der Waals surface area contributed by atoms with Gasteiger partial charge in [0.15, 0.2) is 0 Å². The van der Waals surface area contributed by atoms with Crippen LogP contribution in [-0.4, -0.2) is 11.8 Å². The summed E-state index contributed by atoms with van der Waals surface area (Å²) in [6.07, 6.45) is 1.86. The number of hydrogen-bond donors (Lipinski definition) is 1. The van der Waals surface area contributed by atoms with Crippen molar-refractivity contribution in [3.05, 3.63) is 12.2 Å². The van der Waals surface area contributed by atoms with Crippen molar-refractivity contribution in [2.24, 2.45) is 11.7 Å².